The van der Waals surface area contributed by atoms with Gasteiger partial charge in [-0.2, -0.15) is 0 Å². The quantitative estimate of drug-likeness (QED) is 0.177. The highest BCUT2D eigenvalue weighted by atomic mass is 19.1. The number of ether oxygens (including phenoxy) is 2. The van der Waals surface area contributed by atoms with E-state index in [4.69, 9.17) is 9.47 Å². The van der Waals surface area contributed by atoms with Crippen LogP contribution in [0.3, 0.4) is 0 Å². The molecular weight excluding hydrogens is 495 g/mol. The number of benzene rings is 2. The number of phenols is 1. The number of fused-ring (bicyclic) bond motifs is 1. The lowest BCUT2D eigenvalue weighted by molar-refractivity contribution is -0.147. The van der Waals surface area contributed by atoms with Gasteiger partial charge in [-0.1, -0.05) is 0 Å². The number of hydrogen-bond donors (Lipinski definition) is 4. The van der Waals surface area contributed by atoms with E-state index in [1.54, 1.807) is 12.1 Å². The zero-order valence-electron chi connectivity index (χ0n) is 20.7. The molecule has 3 aromatic rings. The van der Waals surface area contributed by atoms with Crippen LogP contribution in [0.2, 0.25) is 0 Å². The normalized spacial score (nSPS) is 16.7. The van der Waals surface area contributed by atoms with E-state index >= 15 is 0 Å². The highest BCUT2D eigenvalue weighted by Gasteiger charge is 2.57. The summed E-state index contributed by atoms with van der Waals surface area (Å²) < 4.78 is 26.0. The summed E-state index contributed by atoms with van der Waals surface area (Å²) in [5, 5.41) is 26.1. The highest BCUT2D eigenvalue weighted by molar-refractivity contribution is 6.10. The van der Waals surface area contributed by atoms with Gasteiger partial charge in [0.2, 0.25) is 5.91 Å². The SMILES string of the molecule is O=C(O)C1(C(=O)Nc2ccc(Oc3ccnc4cc(NCCCN5CCOCC5)c(O)cc34)c(F)c2)CC1. The molecule has 0 radical (unpaired) electrons. The van der Waals surface area contributed by atoms with Crippen molar-refractivity contribution in [3.63, 3.8) is 0 Å². The first-order valence-electron chi connectivity index (χ1n) is 12.5. The van der Waals surface area contributed by atoms with E-state index in [1.807, 2.05) is 0 Å². The molecule has 5 rings (SSSR count). The summed E-state index contributed by atoms with van der Waals surface area (Å²) in [6, 6.07) is 8.67. The molecule has 38 heavy (non-hydrogen) atoms. The first kappa shape index (κ1) is 25.7. The first-order valence-corrected chi connectivity index (χ1v) is 12.5. The van der Waals surface area contributed by atoms with Gasteiger partial charge < -0.3 is 30.3 Å². The number of carboxylic acids is 1. The molecule has 0 bridgehead atoms. The number of aliphatic carboxylic acids is 1. The van der Waals surface area contributed by atoms with Gasteiger partial charge in [-0.25, -0.2) is 4.39 Å². The lowest BCUT2D eigenvalue weighted by atomic mass is 10.1. The lowest BCUT2D eigenvalue weighted by Crippen LogP contribution is -2.37. The van der Waals surface area contributed by atoms with Crippen molar-refractivity contribution in [3.05, 3.63) is 48.4 Å². The number of nitrogens with zero attached hydrogens (tertiary/aromatic N) is 2. The van der Waals surface area contributed by atoms with Crippen LogP contribution in [0.15, 0.2) is 42.6 Å². The number of aromatic hydroxyl groups is 1. The van der Waals surface area contributed by atoms with Gasteiger partial charge in [-0.15, -0.1) is 0 Å². The number of amides is 1. The summed E-state index contributed by atoms with van der Waals surface area (Å²) in [4.78, 5) is 30.3. The van der Waals surface area contributed by atoms with Crippen molar-refractivity contribution in [2.45, 2.75) is 19.3 Å². The van der Waals surface area contributed by atoms with E-state index in [9.17, 15) is 24.2 Å². The number of carboxylic acid groups (broad SMARTS) is 1. The van der Waals surface area contributed by atoms with Gasteiger partial charge in [-0.3, -0.25) is 19.5 Å². The van der Waals surface area contributed by atoms with E-state index in [2.05, 4.69) is 20.5 Å². The number of rotatable bonds is 10. The Morgan fingerprint density at radius 2 is 1.92 bits per heavy atom. The van der Waals surface area contributed by atoms with Crippen LogP contribution in [0.1, 0.15) is 19.3 Å². The molecule has 2 aromatic carbocycles. The number of carbonyl (C=O) groups excluding carboxylic acids is 1. The maximum atomic E-state index is 14.8. The molecule has 2 aliphatic rings. The van der Waals surface area contributed by atoms with Crippen molar-refractivity contribution in [1.29, 1.82) is 0 Å². The van der Waals surface area contributed by atoms with Crippen LogP contribution in [0.25, 0.3) is 10.9 Å². The Hall–Kier alpha value is -3.96. The van der Waals surface area contributed by atoms with Gasteiger partial charge in [-0.05, 0) is 56.1 Å². The Kier molecular flexibility index (Phi) is 7.30. The number of carbonyl (C=O) groups is 2. The molecule has 11 heteroatoms. The van der Waals surface area contributed by atoms with Crippen molar-refractivity contribution in [2.75, 3.05) is 50.0 Å². The molecule has 1 saturated heterocycles. The van der Waals surface area contributed by atoms with Gasteiger partial charge in [0.25, 0.3) is 0 Å². The molecule has 2 heterocycles. The second kappa shape index (κ2) is 10.8. The van der Waals surface area contributed by atoms with Crippen LogP contribution in [-0.4, -0.2) is 71.4 Å². The number of halogens is 1. The Morgan fingerprint density at radius 1 is 1.13 bits per heavy atom. The molecular formula is C27H29FN4O6. The number of pyridine rings is 1. The molecule has 10 nitrogen and oxygen atoms in total. The van der Waals surface area contributed by atoms with Crippen LogP contribution in [-0.2, 0) is 14.3 Å². The summed E-state index contributed by atoms with van der Waals surface area (Å²) in [5.41, 5.74) is -0.192. The first-order chi connectivity index (χ1) is 18.4. The second-order valence-electron chi connectivity index (χ2n) is 9.52. The maximum absolute atomic E-state index is 14.8. The number of hydrogen-bond acceptors (Lipinski definition) is 8. The summed E-state index contributed by atoms with van der Waals surface area (Å²) >= 11 is 0. The summed E-state index contributed by atoms with van der Waals surface area (Å²) in [5.74, 6) is -2.38. The topological polar surface area (TPSA) is 133 Å². The van der Waals surface area contributed by atoms with Crippen molar-refractivity contribution in [1.82, 2.24) is 9.88 Å². The fourth-order valence-corrected chi connectivity index (χ4v) is 4.43. The van der Waals surface area contributed by atoms with Crippen molar-refractivity contribution >= 4 is 34.2 Å². The number of anilines is 2. The van der Waals surface area contributed by atoms with E-state index in [0.717, 1.165) is 45.3 Å². The Balaban J connectivity index is 1.25. The smallest absolute Gasteiger partial charge is 0.319 e. The fourth-order valence-electron chi connectivity index (χ4n) is 4.43. The molecule has 0 atom stereocenters. The van der Waals surface area contributed by atoms with Crippen molar-refractivity contribution in [2.24, 2.45) is 5.41 Å². The molecule has 1 aromatic heterocycles. The van der Waals surface area contributed by atoms with Crippen LogP contribution in [0.4, 0.5) is 15.8 Å². The molecule has 1 aliphatic carbocycles. The number of aromatic nitrogens is 1. The minimum absolute atomic E-state index is 0.0210. The average molecular weight is 525 g/mol. The third-order valence-corrected chi connectivity index (χ3v) is 6.89. The monoisotopic (exact) mass is 524 g/mol. The van der Waals surface area contributed by atoms with E-state index in [0.29, 0.717) is 28.9 Å². The number of morpholine rings is 1. The molecule has 4 N–H and O–H groups in total. The second-order valence-corrected chi connectivity index (χ2v) is 9.52. The van der Waals surface area contributed by atoms with Gasteiger partial charge >= 0.3 is 5.97 Å². The molecule has 1 aliphatic heterocycles. The van der Waals surface area contributed by atoms with E-state index in [1.165, 1.54) is 24.4 Å². The van der Waals surface area contributed by atoms with Gasteiger partial charge in [0.1, 0.15) is 16.9 Å². The Bertz CT molecular complexity index is 1360. The minimum Gasteiger partial charge on any atom is -0.506 e. The Labute approximate surface area is 218 Å². The van der Waals surface area contributed by atoms with Gasteiger partial charge in [0.05, 0.1) is 24.4 Å². The largest absolute Gasteiger partial charge is 0.506 e. The molecule has 1 amide bonds. The van der Waals surface area contributed by atoms with Gasteiger partial charge in [0, 0.05) is 43.0 Å². The standard InChI is InChI=1S/C27H29FN4O6/c28-19-14-17(31-25(34)27(5-6-27)26(35)36)2-3-24(19)38-23-4-8-30-20-16-21(22(33)15-18(20)23)29-7-1-9-32-10-12-37-13-11-32/h2-4,8,14-16,29,33H,1,5-7,9-13H2,(H,31,34)(H,35,36). The third kappa shape index (κ3) is 5.48. The van der Waals surface area contributed by atoms with Crippen molar-refractivity contribution in [3.8, 4) is 17.2 Å². The summed E-state index contributed by atoms with van der Waals surface area (Å²) in [6.07, 6.45) is 2.95. The summed E-state index contributed by atoms with van der Waals surface area (Å²) in [6.45, 7) is 4.98. The minimum atomic E-state index is -1.43. The number of nitrogens with one attached hydrogen (secondary N) is 2. The molecule has 1 saturated carbocycles. The molecule has 200 valence electrons. The number of phenolic OH excluding ortho intramolecular Hbond substituents is 1. The van der Waals surface area contributed by atoms with Crippen LogP contribution in [0.5, 0.6) is 17.2 Å². The predicted molar refractivity (Wildman–Crippen MR) is 138 cm³/mol. The lowest BCUT2D eigenvalue weighted by Gasteiger charge is -2.26. The molecule has 0 spiro atoms. The third-order valence-electron chi connectivity index (χ3n) is 6.89. The van der Waals surface area contributed by atoms with E-state index < -0.39 is 23.1 Å². The Morgan fingerprint density at radius 3 is 2.63 bits per heavy atom. The van der Waals surface area contributed by atoms with E-state index in [-0.39, 0.29) is 30.0 Å². The van der Waals surface area contributed by atoms with Crippen molar-refractivity contribution < 1.29 is 33.7 Å². The maximum Gasteiger partial charge on any atom is 0.319 e. The molecule has 0 unspecified atom stereocenters. The zero-order valence-corrected chi connectivity index (χ0v) is 20.7. The zero-order chi connectivity index (χ0) is 26.7. The predicted octanol–water partition coefficient (Wildman–Crippen LogP) is 3.81. The van der Waals surface area contributed by atoms with Crippen LogP contribution in [0, 0.1) is 11.2 Å². The highest BCUT2D eigenvalue weighted by Crippen LogP contribution is 2.47. The average Bonchev–Trinajstić information content (AvgIpc) is 3.72. The van der Waals surface area contributed by atoms with Crippen LogP contribution >= 0.6 is 0 Å². The molecule has 2 fully saturated rings. The van der Waals surface area contributed by atoms with Gasteiger partial charge in [0.15, 0.2) is 11.6 Å². The fraction of sp³-hybridized carbons (Fsp3) is 0.370. The van der Waals surface area contributed by atoms with Crippen LogP contribution < -0.4 is 15.4 Å². The summed E-state index contributed by atoms with van der Waals surface area (Å²) in [7, 11) is 0.